The highest BCUT2D eigenvalue weighted by molar-refractivity contribution is 8.14. The zero-order valence-corrected chi connectivity index (χ0v) is 11.8. The summed E-state index contributed by atoms with van der Waals surface area (Å²) in [7, 11) is 1.52. The molecule has 0 N–H and O–H groups in total. The number of carbonyl (C=O) groups is 1. The largest absolute Gasteiger partial charge is 0.308 e. The first-order valence-electron chi connectivity index (χ1n) is 5.16. The highest BCUT2D eigenvalue weighted by Gasteiger charge is 2.38. The predicted octanol–water partition coefficient (Wildman–Crippen LogP) is 1.72. The second-order valence-corrected chi connectivity index (χ2v) is 7.33. The topological polar surface area (TPSA) is 67.3 Å². The molecule has 1 amide bonds. The maximum atomic E-state index is 11.8. The summed E-state index contributed by atoms with van der Waals surface area (Å²) in [6, 6.07) is 3.35. The quantitative estimate of drug-likeness (QED) is 0.616. The summed E-state index contributed by atoms with van der Waals surface area (Å²) in [5, 5.41) is -0.722. The summed E-state index contributed by atoms with van der Waals surface area (Å²) >= 11 is 5.95. The van der Waals surface area contributed by atoms with Gasteiger partial charge >= 0.3 is 0 Å². The number of rotatable bonds is 2. The van der Waals surface area contributed by atoms with Crippen molar-refractivity contribution >= 4 is 42.9 Å². The average Bonchev–Trinajstić information content (AvgIpc) is 2.60. The number of hydrogen-bond donors (Lipinski definition) is 0. The van der Waals surface area contributed by atoms with Crippen LogP contribution in [0.1, 0.15) is 12.1 Å². The van der Waals surface area contributed by atoms with Gasteiger partial charge in [0.2, 0.25) is 15.0 Å². The number of carbonyl (C=O) groups excluding carboxylic acids is 1. The van der Waals surface area contributed by atoms with Gasteiger partial charge in [-0.1, -0.05) is 11.6 Å². The van der Waals surface area contributed by atoms with Gasteiger partial charge in [0.05, 0.1) is 5.69 Å². The van der Waals surface area contributed by atoms with Crippen molar-refractivity contribution in [1.82, 2.24) is 4.98 Å². The summed E-state index contributed by atoms with van der Waals surface area (Å²) in [5.41, 5.74) is 1.13. The number of amides is 1. The molecule has 1 aliphatic rings. The highest BCUT2D eigenvalue weighted by atomic mass is 35.7. The molecule has 0 aromatic carbocycles. The Kier molecular flexibility index (Phi) is 3.53. The van der Waals surface area contributed by atoms with Crippen molar-refractivity contribution in [2.75, 3.05) is 11.4 Å². The molecule has 1 aromatic heterocycles. The van der Waals surface area contributed by atoms with Crippen molar-refractivity contribution in [3.05, 3.63) is 23.0 Å². The lowest BCUT2D eigenvalue weighted by Gasteiger charge is -2.17. The van der Waals surface area contributed by atoms with E-state index in [9.17, 15) is 13.2 Å². The van der Waals surface area contributed by atoms with E-state index in [1.807, 2.05) is 0 Å². The minimum Gasteiger partial charge on any atom is -0.308 e. The van der Waals surface area contributed by atoms with E-state index in [0.29, 0.717) is 5.69 Å². The maximum absolute atomic E-state index is 11.8. The first-order valence-corrected chi connectivity index (χ1v) is 7.91. The van der Waals surface area contributed by atoms with Crippen LogP contribution in [0.25, 0.3) is 0 Å². The standard InChI is InChI=1S/C10H10Cl2N2O3S/c1-6-2-3-8(10(11)13-6)14-5-7(4-9(14)15)18(12,16)17/h2-3,7H,4-5H2,1H3. The van der Waals surface area contributed by atoms with Crippen molar-refractivity contribution in [2.45, 2.75) is 18.6 Å². The highest BCUT2D eigenvalue weighted by Crippen LogP contribution is 2.30. The normalized spacial score (nSPS) is 20.5. The van der Waals surface area contributed by atoms with E-state index in [4.69, 9.17) is 22.3 Å². The third-order valence-corrected chi connectivity index (χ3v) is 4.89. The van der Waals surface area contributed by atoms with Crippen molar-refractivity contribution in [2.24, 2.45) is 0 Å². The molecule has 0 radical (unpaired) electrons. The number of anilines is 1. The zero-order chi connectivity index (χ0) is 13.5. The molecule has 2 rings (SSSR count). The Balaban J connectivity index is 2.33. The molecule has 0 bridgehead atoms. The second-order valence-electron chi connectivity index (χ2n) is 4.07. The van der Waals surface area contributed by atoms with E-state index >= 15 is 0 Å². The summed E-state index contributed by atoms with van der Waals surface area (Å²) in [5.74, 6) is -0.322. The molecule has 0 spiro atoms. The minimum absolute atomic E-state index is 0.00906. The monoisotopic (exact) mass is 308 g/mol. The molecular formula is C10H10Cl2N2O3S. The number of pyridine rings is 1. The third-order valence-electron chi connectivity index (χ3n) is 2.75. The van der Waals surface area contributed by atoms with Gasteiger partial charge in [-0.15, -0.1) is 0 Å². The Labute approximate surface area is 114 Å². The molecule has 2 heterocycles. The molecule has 5 nitrogen and oxygen atoms in total. The van der Waals surface area contributed by atoms with Crippen LogP contribution in [-0.2, 0) is 13.8 Å². The number of aryl methyl sites for hydroxylation is 1. The second kappa shape index (κ2) is 4.68. The fourth-order valence-electron chi connectivity index (χ4n) is 1.82. The van der Waals surface area contributed by atoms with Gasteiger partial charge in [0.1, 0.15) is 5.25 Å². The Morgan fingerprint density at radius 1 is 1.44 bits per heavy atom. The number of nitrogens with zero attached hydrogens (tertiary/aromatic N) is 2. The Morgan fingerprint density at radius 3 is 2.61 bits per heavy atom. The fraction of sp³-hybridized carbons (Fsp3) is 0.400. The summed E-state index contributed by atoms with van der Waals surface area (Å²) < 4.78 is 22.5. The lowest BCUT2D eigenvalue weighted by molar-refractivity contribution is -0.117. The first-order chi connectivity index (χ1) is 8.29. The molecule has 1 saturated heterocycles. The molecule has 1 aliphatic heterocycles. The lowest BCUT2D eigenvalue weighted by Crippen LogP contribution is -2.27. The van der Waals surface area contributed by atoms with Gasteiger partial charge in [-0.05, 0) is 19.1 Å². The van der Waals surface area contributed by atoms with E-state index in [0.717, 1.165) is 5.69 Å². The van der Waals surface area contributed by atoms with Crippen molar-refractivity contribution < 1.29 is 13.2 Å². The summed E-state index contributed by atoms with van der Waals surface area (Å²) in [6.45, 7) is 1.78. The van der Waals surface area contributed by atoms with Crippen LogP contribution in [-0.4, -0.2) is 31.1 Å². The van der Waals surface area contributed by atoms with Crippen LogP contribution in [0.3, 0.4) is 0 Å². The molecule has 98 valence electrons. The maximum Gasteiger partial charge on any atom is 0.237 e. The first kappa shape index (κ1) is 13.6. The number of hydrogen-bond acceptors (Lipinski definition) is 4. The molecular weight excluding hydrogens is 299 g/mol. The van der Waals surface area contributed by atoms with Crippen LogP contribution < -0.4 is 4.90 Å². The van der Waals surface area contributed by atoms with E-state index in [2.05, 4.69) is 4.98 Å². The number of aromatic nitrogens is 1. The molecule has 1 aromatic rings. The molecule has 0 aliphatic carbocycles. The van der Waals surface area contributed by atoms with Crippen LogP contribution in [0.2, 0.25) is 5.15 Å². The van der Waals surface area contributed by atoms with E-state index < -0.39 is 14.3 Å². The SMILES string of the molecule is Cc1ccc(N2CC(S(=O)(=O)Cl)CC2=O)c(Cl)n1. The van der Waals surface area contributed by atoms with Gasteiger partial charge < -0.3 is 4.90 Å². The van der Waals surface area contributed by atoms with Crippen LogP contribution >= 0.6 is 22.3 Å². The fourth-order valence-corrected chi connectivity index (χ4v) is 3.14. The Bertz CT molecular complexity index is 603. The average molecular weight is 309 g/mol. The van der Waals surface area contributed by atoms with E-state index in [-0.39, 0.29) is 24.0 Å². The van der Waals surface area contributed by atoms with Gasteiger partial charge in [-0.2, -0.15) is 0 Å². The third kappa shape index (κ3) is 2.60. The van der Waals surface area contributed by atoms with Crippen LogP contribution in [0.15, 0.2) is 12.1 Å². The van der Waals surface area contributed by atoms with Crippen LogP contribution in [0.4, 0.5) is 5.69 Å². The molecule has 1 unspecified atom stereocenters. The van der Waals surface area contributed by atoms with Crippen molar-refractivity contribution in [1.29, 1.82) is 0 Å². The minimum atomic E-state index is -3.75. The van der Waals surface area contributed by atoms with Gasteiger partial charge in [0, 0.05) is 29.3 Å². The number of halogens is 2. The van der Waals surface area contributed by atoms with Crippen molar-refractivity contribution in [3.8, 4) is 0 Å². The van der Waals surface area contributed by atoms with Gasteiger partial charge in [-0.3, -0.25) is 4.79 Å². The predicted molar refractivity (Wildman–Crippen MR) is 69.5 cm³/mol. The molecule has 0 saturated carbocycles. The summed E-state index contributed by atoms with van der Waals surface area (Å²) in [4.78, 5) is 17.1. The van der Waals surface area contributed by atoms with Crippen LogP contribution in [0.5, 0.6) is 0 Å². The van der Waals surface area contributed by atoms with E-state index in [1.54, 1.807) is 19.1 Å². The zero-order valence-electron chi connectivity index (χ0n) is 9.43. The Morgan fingerprint density at radius 2 is 2.11 bits per heavy atom. The van der Waals surface area contributed by atoms with Crippen LogP contribution in [0, 0.1) is 6.92 Å². The summed E-state index contributed by atoms with van der Waals surface area (Å²) in [6.07, 6.45) is -0.129. The van der Waals surface area contributed by atoms with Gasteiger partial charge in [0.25, 0.3) is 0 Å². The molecule has 18 heavy (non-hydrogen) atoms. The van der Waals surface area contributed by atoms with Gasteiger partial charge in [-0.25, -0.2) is 13.4 Å². The van der Waals surface area contributed by atoms with E-state index in [1.165, 1.54) is 4.90 Å². The molecule has 8 heteroatoms. The Hall–Kier alpha value is -0.850. The lowest BCUT2D eigenvalue weighted by atomic mass is 10.3. The van der Waals surface area contributed by atoms with Crippen molar-refractivity contribution in [3.63, 3.8) is 0 Å². The van der Waals surface area contributed by atoms with Gasteiger partial charge in [0.15, 0.2) is 5.15 Å². The smallest absolute Gasteiger partial charge is 0.237 e. The molecule has 1 atom stereocenters. The molecule has 1 fully saturated rings.